The summed E-state index contributed by atoms with van der Waals surface area (Å²) in [6.07, 6.45) is 8.29. The van der Waals surface area contributed by atoms with Crippen molar-refractivity contribution in [2.24, 2.45) is 10.9 Å². The second-order valence-corrected chi connectivity index (χ2v) is 4.40. The fourth-order valence-corrected chi connectivity index (χ4v) is 2.99. The van der Waals surface area contributed by atoms with E-state index in [0.29, 0.717) is 0 Å². The smallest absolute Gasteiger partial charge is 0.0985 e. The van der Waals surface area contributed by atoms with E-state index in [1.165, 1.54) is 44.4 Å². The van der Waals surface area contributed by atoms with Crippen LogP contribution in [0.15, 0.2) is 4.99 Å². The number of piperidine rings is 1. The van der Waals surface area contributed by atoms with Crippen LogP contribution in [-0.4, -0.2) is 30.9 Å². The van der Waals surface area contributed by atoms with Gasteiger partial charge in [-0.15, -0.1) is 0 Å². The van der Waals surface area contributed by atoms with Crippen LogP contribution in [0.4, 0.5) is 0 Å². The molecule has 1 aliphatic carbocycles. The molecular weight excluding hydrogens is 160 g/mol. The predicted octanol–water partition coefficient (Wildman–Crippen LogP) is 2.30. The Hall–Kier alpha value is -0.530. The average Bonchev–Trinajstić information content (AvgIpc) is 2.19. The first-order valence-electron chi connectivity index (χ1n) is 5.51. The highest BCUT2D eigenvalue weighted by Crippen LogP contribution is 2.35. The molecule has 1 aliphatic heterocycles. The maximum atomic E-state index is 4.36. The molecular formula is C11H20N2. The zero-order chi connectivity index (χ0) is 9.26. The van der Waals surface area contributed by atoms with Crippen molar-refractivity contribution >= 4 is 5.84 Å². The molecule has 1 saturated heterocycles. The van der Waals surface area contributed by atoms with Crippen molar-refractivity contribution in [1.29, 1.82) is 0 Å². The molecule has 1 heterocycles. The Kier molecular flexibility index (Phi) is 2.56. The first-order chi connectivity index (χ1) is 6.33. The normalized spacial score (nSPS) is 37.7. The van der Waals surface area contributed by atoms with Crippen molar-refractivity contribution in [2.75, 3.05) is 14.1 Å². The van der Waals surface area contributed by atoms with Crippen LogP contribution in [-0.2, 0) is 0 Å². The van der Waals surface area contributed by atoms with Crippen LogP contribution in [0.25, 0.3) is 0 Å². The van der Waals surface area contributed by atoms with E-state index >= 15 is 0 Å². The Morgan fingerprint density at radius 1 is 1.23 bits per heavy atom. The first-order valence-corrected chi connectivity index (χ1v) is 5.51. The molecule has 2 nitrogen and oxygen atoms in total. The molecule has 0 aromatic heterocycles. The van der Waals surface area contributed by atoms with Crippen LogP contribution in [0.3, 0.4) is 0 Å². The van der Waals surface area contributed by atoms with E-state index in [4.69, 9.17) is 0 Å². The van der Waals surface area contributed by atoms with Crippen molar-refractivity contribution < 1.29 is 0 Å². The summed E-state index contributed by atoms with van der Waals surface area (Å²) in [7, 11) is 4.15. The topological polar surface area (TPSA) is 15.6 Å². The summed E-state index contributed by atoms with van der Waals surface area (Å²) in [5.74, 6) is 2.28. The van der Waals surface area contributed by atoms with Crippen LogP contribution in [0.5, 0.6) is 0 Å². The summed E-state index contributed by atoms with van der Waals surface area (Å²) in [6.45, 7) is 0. The lowest BCUT2D eigenvalue weighted by molar-refractivity contribution is 0.160. The second kappa shape index (κ2) is 3.69. The third-order valence-corrected chi connectivity index (χ3v) is 3.77. The zero-order valence-electron chi connectivity index (χ0n) is 8.79. The maximum absolute atomic E-state index is 4.36. The number of rotatable bonds is 0. The van der Waals surface area contributed by atoms with Gasteiger partial charge in [-0.1, -0.05) is 12.8 Å². The zero-order valence-corrected chi connectivity index (χ0v) is 8.79. The number of nitrogens with zero attached hydrogens (tertiary/aromatic N) is 2. The van der Waals surface area contributed by atoms with Gasteiger partial charge in [-0.3, -0.25) is 4.99 Å². The summed E-state index contributed by atoms with van der Waals surface area (Å²) in [6, 6.07) is 0.807. The molecule has 0 aromatic carbocycles. The van der Waals surface area contributed by atoms with Gasteiger partial charge in [0.1, 0.15) is 0 Å². The van der Waals surface area contributed by atoms with Gasteiger partial charge in [-0.2, -0.15) is 0 Å². The van der Waals surface area contributed by atoms with Gasteiger partial charge in [0.15, 0.2) is 0 Å². The highest BCUT2D eigenvalue weighted by atomic mass is 15.2. The molecule has 2 unspecified atom stereocenters. The SMILES string of the molecule is CN=C1CCC2CCCCC2N1C. The van der Waals surface area contributed by atoms with E-state index in [-0.39, 0.29) is 0 Å². The lowest BCUT2D eigenvalue weighted by Gasteiger charge is -2.43. The monoisotopic (exact) mass is 180 g/mol. The molecule has 13 heavy (non-hydrogen) atoms. The number of hydrogen-bond donors (Lipinski definition) is 0. The number of amidine groups is 1. The lowest BCUT2D eigenvalue weighted by atomic mass is 9.78. The third kappa shape index (κ3) is 1.59. The van der Waals surface area contributed by atoms with E-state index in [1.807, 2.05) is 7.05 Å². The van der Waals surface area contributed by atoms with Crippen LogP contribution >= 0.6 is 0 Å². The molecule has 2 fully saturated rings. The minimum absolute atomic E-state index is 0.807. The molecule has 2 atom stereocenters. The quantitative estimate of drug-likeness (QED) is 0.558. The fraction of sp³-hybridized carbons (Fsp3) is 0.909. The van der Waals surface area contributed by atoms with Gasteiger partial charge in [0, 0.05) is 26.6 Å². The van der Waals surface area contributed by atoms with Gasteiger partial charge in [0.25, 0.3) is 0 Å². The predicted molar refractivity (Wildman–Crippen MR) is 56.1 cm³/mol. The van der Waals surface area contributed by atoms with Gasteiger partial charge >= 0.3 is 0 Å². The van der Waals surface area contributed by atoms with Crippen molar-refractivity contribution in [3.8, 4) is 0 Å². The molecule has 0 aromatic rings. The van der Waals surface area contributed by atoms with E-state index < -0.39 is 0 Å². The molecule has 0 N–H and O–H groups in total. The summed E-state index contributed by atoms with van der Waals surface area (Å²) >= 11 is 0. The summed E-state index contributed by atoms with van der Waals surface area (Å²) in [5.41, 5.74) is 0. The van der Waals surface area contributed by atoms with E-state index in [9.17, 15) is 0 Å². The Bertz CT molecular complexity index is 210. The Labute approximate surface area is 81.0 Å². The van der Waals surface area contributed by atoms with Gasteiger partial charge in [0.2, 0.25) is 0 Å². The number of aliphatic imine (C=N–C) groups is 1. The van der Waals surface area contributed by atoms with Crippen LogP contribution < -0.4 is 0 Å². The molecule has 74 valence electrons. The van der Waals surface area contributed by atoms with Crippen molar-refractivity contribution in [1.82, 2.24) is 4.90 Å². The first kappa shape index (κ1) is 9.04. The molecule has 2 rings (SSSR count). The van der Waals surface area contributed by atoms with Crippen molar-refractivity contribution in [2.45, 2.75) is 44.6 Å². The number of fused-ring (bicyclic) bond motifs is 1. The summed E-state index contributed by atoms with van der Waals surface area (Å²) in [5, 5.41) is 0. The van der Waals surface area contributed by atoms with Crippen LogP contribution in [0.1, 0.15) is 38.5 Å². The third-order valence-electron chi connectivity index (χ3n) is 3.77. The van der Waals surface area contributed by atoms with Gasteiger partial charge in [0.05, 0.1) is 5.84 Å². The molecule has 0 radical (unpaired) electrons. The molecule has 2 aliphatic rings. The standard InChI is InChI=1S/C11H20N2/c1-12-11-8-7-9-5-3-4-6-10(9)13(11)2/h9-10H,3-8H2,1-2H3. The van der Waals surface area contributed by atoms with Crippen LogP contribution in [0, 0.1) is 5.92 Å². The Morgan fingerprint density at radius 2 is 2.00 bits per heavy atom. The molecule has 0 bridgehead atoms. The summed E-state index contributed by atoms with van der Waals surface area (Å²) < 4.78 is 0. The molecule has 0 amide bonds. The van der Waals surface area contributed by atoms with Crippen molar-refractivity contribution in [3.63, 3.8) is 0 Å². The highest BCUT2D eigenvalue weighted by molar-refractivity contribution is 5.83. The molecule has 1 saturated carbocycles. The number of likely N-dealkylation sites (tertiary alicyclic amines) is 1. The van der Waals surface area contributed by atoms with Crippen molar-refractivity contribution in [3.05, 3.63) is 0 Å². The summed E-state index contributed by atoms with van der Waals surface area (Å²) in [4.78, 5) is 6.80. The minimum atomic E-state index is 0.807. The second-order valence-electron chi connectivity index (χ2n) is 4.40. The number of hydrogen-bond acceptors (Lipinski definition) is 1. The maximum Gasteiger partial charge on any atom is 0.0985 e. The van der Waals surface area contributed by atoms with Gasteiger partial charge in [-0.05, 0) is 25.2 Å². The molecule has 0 spiro atoms. The van der Waals surface area contributed by atoms with E-state index in [0.717, 1.165) is 12.0 Å². The molecule has 2 heteroatoms. The minimum Gasteiger partial charge on any atom is -0.360 e. The Balaban J connectivity index is 2.09. The van der Waals surface area contributed by atoms with Crippen LogP contribution in [0.2, 0.25) is 0 Å². The van der Waals surface area contributed by atoms with Gasteiger partial charge < -0.3 is 4.90 Å². The Morgan fingerprint density at radius 3 is 2.77 bits per heavy atom. The average molecular weight is 180 g/mol. The largest absolute Gasteiger partial charge is 0.360 e. The van der Waals surface area contributed by atoms with Gasteiger partial charge in [-0.25, -0.2) is 0 Å². The van der Waals surface area contributed by atoms with E-state index in [1.54, 1.807) is 0 Å². The lowest BCUT2D eigenvalue weighted by Crippen LogP contribution is -2.47. The fourth-order valence-electron chi connectivity index (χ4n) is 2.99. The highest BCUT2D eigenvalue weighted by Gasteiger charge is 2.33. The van der Waals surface area contributed by atoms with E-state index in [2.05, 4.69) is 16.9 Å².